The number of H-pyrrole nitrogens is 1. The molecule has 1 aromatic heterocycles. The van der Waals surface area contributed by atoms with Crippen LogP contribution in [-0.2, 0) is 0 Å². The number of nitrogen functional groups attached to an aromatic ring is 1. The van der Waals surface area contributed by atoms with Gasteiger partial charge in [-0.3, -0.25) is 0 Å². The average molecular weight is 190 g/mol. The van der Waals surface area contributed by atoms with Crippen LogP contribution in [0.4, 0.5) is 5.69 Å². The van der Waals surface area contributed by atoms with Crippen LogP contribution < -0.4 is 5.73 Å². The second-order valence-electron chi connectivity index (χ2n) is 3.25. The molecule has 2 aromatic rings. The first-order valence-electron chi connectivity index (χ1n) is 4.20. The molecule has 0 bridgehead atoms. The van der Waals surface area contributed by atoms with Gasteiger partial charge in [-0.1, -0.05) is 0 Å². The van der Waals surface area contributed by atoms with Gasteiger partial charge in [-0.05, 0) is 25.1 Å². The van der Waals surface area contributed by atoms with Crippen molar-refractivity contribution in [3.05, 3.63) is 29.5 Å². The first kappa shape index (κ1) is 8.62. The van der Waals surface area contributed by atoms with E-state index in [0.29, 0.717) is 11.2 Å². The van der Waals surface area contributed by atoms with Crippen LogP contribution in [0.1, 0.15) is 16.1 Å². The van der Waals surface area contributed by atoms with E-state index in [-0.39, 0.29) is 5.56 Å². The number of aromatic carboxylic acids is 1. The van der Waals surface area contributed by atoms with Crippen LogP contribution in [0.15, 0.2) is 18.2 Å². The molecule has 2 rings (SSSR count). The molecule has 0 spiro atoms. The highest BCUT2D eigenvalue weighted by atomic mass is 16.4. The van der Waals surface area contributed by atoms with Crippen molar-refractivity contribution in [2.45, 2.75) is 6.92 Å². The summed E-state index contributed by atoms with van der Waals surface area (Å²) >= 11 is 0. The summed E-state index contributed by atoms with van der Waals surface area (Å²) in [5, 5.41) is 9.69. The molecule has 0 saturated carbocycles. The topological polar surface area (TPSA) is 79.1 Å². The predicted octanol–water partition coefficient (Wildman–Crippen LogP) is 1.76. The average Bonchev–Trinajstić information content (AvgIpc) is 2.47. The highest BCUT2D eigenvalue weighted by Crippen LogP contribution is 2.25. The van der Waals surface area contributed by atoms with Gasteiger partial charge in [0.2, 0.25) is 0 Å². The van der Waals surface area contributed by atoms with E-state index in [1.165, 1.54) is 6.07 Å². The number of aromatic amines is 1. The molecule has 0 radical (unpaired) electrons. The Morgan fingerprint density at radius 2 is 2.21 bits per heavy atom. The minimum Gasteiger partial charge on any atom is -0.478 e. The Kier molecular flexibility index (Phi) is 1.70. The molecule has 0 aliphatic rings. The molecule has 0 aliphatic carbocycles. The van der Waals surface area contributed by atoms with Crippen LogP contribution in [0, 0.1) is 6.92 Å². The first-order chi connectivity index (χ1) is 6.59. The van der Waals surface area contributed by atoms with E-state index >= 15 is 0 Å². The Hall–Kier alpha value is -1.97. The van der Waals surface area contributed by atoms with Crippen molar-refractivity contribution in [3.8, 4) is 0 Å². The molecular formula is C10H10N2O2. The third-order valence-electron chi connectivity index (χ3n) is 2.19. The van der Waals surface area contributed by atoms with Gasteiger partial charge in [0.15, 0.2) is 0 Å². The number of hydrogen-bond donors (Lipinski definition) is 3. The highest BCUT2D eigenvalue weighted by molar-refractivity contribution is 6.06. The third kappa shape index (κ3) is 1.12. The quantitative estimate of drug-likeness (QED) is 0.599. The molecule has 4 nitrogen and oxygen atoms in total. The standard InChI is InChI=1S/C10H10N2O2/c1-5-4-7-8(11)3-2-6(10(13)14)9(7)12-5/h2-4,12H,11H2,1H3,(H,13,14). The lowest BCUT2D eigenvalue weighted by Crippen LogP contribution is -1.98. The Morgan fingerprint density at radius 1 is 1.50 bits per heavy atom. The van der Waals surface area contributed by atoms with Crippen molar-refractivity contribution in [2.24, 2.45) is 0 Å². The number of carbonyl (C=O) groups is 1. The van der Waals surface area contributed by atoms with Gasteiger partial charge in [-0.15, -0.1) is 0 Å². The maximum atomic E-state index is 10.9. The number of benzene rings is 1. The van der Waals surface area contributed by atoms with Gasteiger partial charge >= 0.3 is 5.97 Å². The van der Waals surface area contributed by atoms with E-state index in [1.54, 1.807) is 6.07 Å². The van der Waals surface area contributed by atoms with Gasteiger partial charge in [0, 0.05) is 16.8 Å². The molecule has 4 N–H and O–H groups in total. The van der Waals surface area contributed by atoms with Gasteiger partial charge in [-0.25, -0.2) is 4.79 Å². The number of carboxylic acid groups (broad SMARTS) is 1. The fourth-order valence-corrected chi connectivity index (χ4v) is 1.55. The van der Waals surface area contributed by atoms with Gasteiger partial charge in [0.05, 0.1) is 11.1 Å². The zero-order valence-corrected chi connectivity index (χ0v) is 7.66. The summed E-state index contributed by atoms with van der Waals surface area (Å²) in [4.78, 5) is 13.9. The van der Waals surface area contributed by atoms with Gasteiger partial charge in [0.25, 0.3) is 0 Å². The SMILES string of the molecule is Cc1cc2c(N)ccc(C(=O)O)c2[nH]1. The first-order valence-corrected chi connectivity index (χ1v) is 4.20. The van der Waals surface area contributed by atoms with Crippen LogP contribution in [0.25, 0.3) is 10.9 Å². The third-order valence-corrected chi connectivity index (χ3v) is 2.19. The van der Waals surface area contributed by atoms with E-state index < -0.39 is 5.97 Å². The van der Waals surface area contributed by atoms with Crippen molar-refractivity contribution in [3.63, 3.8) is 0 Å². The molecule has 72 valence electrons. The number of carboxylic acids is 1. The fourth-order valence-electron chi connectivity index (χ4n) is 1.55. The van der Waals surface area contributed by atoms with Gasteiger partial charge in [-0.2, -0.15) is 0 Å². The highest BCUT2D eigenvalue weighted by Gasteiger charge is 2.11. The Balaban J connectivity index is 2.87. The molecule has 14 heavy (non-hydrogen) atoms. The molecule has 0 atom stereocenters. The second kappa shape index (κ2) is 2.77. The van der Waals surface area contributed by atoms with Crippen molar-refractivity contribution < 1.29 is 9.90 Å². The summed E-state index contributed by atoms with van der Waals surface area (Å²) in [6, 6.07) is 4.96. The summed E-state index contributed by atoms with van der Waals surface area (Å²) in [6.45, 7) is 1.87. The molecule has 0 fully saturated rings. The monoisotopic (exact) mass is 190 g/mol. The number of hydrogen-bond acceptors (Lipinski definition) is 2. The zero-order chi connectivity index (χ0) is 10.3. The summed E-state index contributed by atoms with van der Waals surface area (Å²) < 4.78 is 0. The number of rotatable bonds is 1. The molecular weight excluding hydrogens is 180 g/mol. The second-order valence-corrected chi connectivity index (χ2v) is 3.25. The lowest BCUT2D eigenvalue weighted by atomic mass is 10.1. The molecule has 1 aromatic carbocycles. The minimum absolute atomic E-state index is 0.252. The summed E-state index contributed by atoms with van der Waals surface area (Å²) in [5.74, 6) is -0.947. The van der Waals surface area contributed by atoms with E-state index in [0.717, 1.165) is 11.1 Å². The molecule has 4 heteroatoms. The smallest absolute Gasteiger partial charge is 0.337 e. The Morgan fingerprint density at radius 3 is 2.86 bits per heavy atom. The van der Waals surface area contributed by atoms with Gasteiger partial charge in [0.1, 0.15) is 0 Å². The van der Waals surface area contributed by atoms with Crippen LogP contribution in [0.5, 0.6) is 0 Å². The zero-order valence-electron chi connectivity index (χ0n) is 7.66. The van der Waals surface area contributed by atoms with E-state index in [2.05, 4.69) is 4.98 Å². The van der Waals surface area contributed by atoms with Gasteiger partial charge < -0.3 is 15.8 Å². The molecule has 1 heterocycles. The number of nitrogens with one attached hydrogen (secondary N) is 1. The van der Waals surface area contributed by atoms with E-state index in [9.17, 15) is 4.79 Å². The normalized spacial score (nSPS) is 10.6. The van der Waals surface area contributed by atoms with Crippen molar-refractivity contribution in [2.75, 3.05) is 5.73 Å². The van der Waals surface area contributed by atoms with Crippen LogP contribution in [0.2, 0.25) is 0 Å². The van der Waals surface area contributed by atoms with Crippen LogP contribution >= 0.6 is 0 Å². The molecule has 0 saturated heterocycles. The lowest BCUT2D eigenvalue weighted by molar-refractivity contribution is 0.0699. The maximum Gasteiger partial charge on any atom is 0.337 e. The number of nitrogens with two attached hydrogens (primary N) is 1. The van der Waals surface area contributed by atoms with Crippen molar-refractivity contribution in [1.82, 2.24) is 4.98 Å². The molecule has 0 unspecified atom stereocenters. The van der Waals surface area contributed by atoms with Crippen molar-refractivity contribution in [1.29, 1.82) is 0 Å². The number of anilines is 1. The number of aryl methyl sites for hydroxylation is 1. The van der Waals surface area contributed by atoms with Crippen molar-refractivity contribution >= 4 is 22.6 Å². The number of fused-ring (bicyclic) bond motifs is 1. The van der Waals surface area contributed by atoms with E-state index in [4.69, 9.17) is 10.8 Å². The number of aromatic nitrogens is 1. The largest absolute Gasteiger partial charge is 0.478 e. The molecule has 0 amide bonds. The Labute approximate surface area is 80.3 Å². The van der Waals surface area contributed by atoms with Crippen LogP contribution in [0.3, 0.4) is 0 Å². The fraction of sp³-hybridized carbons (Fsp3) is 0.100. The summed E-state index contributed by atoms with van der Waals surface area (Å²) in [6.07, 6.45) is 0. The summed E-state index contributed by atoms with van der Waals surface area (Å²) in [5.41, 5.74) is 8.07. The lowest BCUT2D eigenvalue weighted by Gasteiger charge is -1.99. The predicted molar refractivity (Wildman–Crippen MR) is 54.4 cm³/mol. The molecule has 0 aliphatic heterocycles. The minimum atomic E-state index is -0.947. The van der Waals surface area contributed by atoms with Crippen LogP contribution in [-0.4, -0.2) is 16.1 Å². The maximum absolute atomic E-state index is 10.9. The van der Waals surface area contributed by atoms with E-state index in [1.807, 2.05) is 13.0 Å². The Bertz CT molecular complexity index is 514. The summed E-state index contributed by atoms with van der Waals surface area (Å²) in [7, 11) is 0.